The molecule has 0 spiro atoms. The molecule has 1 fully saturated rings. The number of carbonyl (C=O) groups excluding carboxylic acids is 1. The van der Waals surface area contributed by atoms with Crippen LogP contribution in [0, 0.1) is 0 Å². The van der Waals surface area contributed by atoms with Crippen molar-refractivity contribution in [1.82, 2.24) is 4.90 Å². The van der Waals surface area contributed by atoms with Crippen molar-refractivity contribution in [3.63, 3.8) is 0 Å². The summed E-state index contributed by atoms with van der Waals surface area (Å²) in [6.07, 6.45) is -0.122. The molecule has 10 heteroatoms. The average Bonchev–Trinajstić information content (AvgIpc) is 3.13. The number of carbonyl (C=O) groups is 2. The first-order chi connectivity index (χ1) is 17.6. The van der Waals surface area contributed by atoms with Gasteiger partial charge in [0.1, 0.15) is 11.9 Å². The van der Waals surface area contributed by atoms with E-state index in [4.69, 9.17) is 19.3 Å². The van der Waals surface area contributed by atoms with Crippen LogP contribution in [0.5, 0.6) is 17.2 Å². The van der Waals surface area contributed by atoms with Gasteiger partial charge in [0.05, 0.1) is 31.0 Å². The van der Waals surface area contributed by atoms with Crippen molar-refractivity contribution in [2.45, 2.75) is 36.9 Å². The van der Waals surface area contributed by atoms with E-state index in [-0.39, 0.29) is 29.7 Å². The highest BCUT2D eigenvalue weighted by Gasteiger charge is 2.40. The van der Waals surface area contributed by atoms with Gasteiger partial charge in [-0.15, -0.1) is 0 Å². The highest BCUT2D eigenvalue weighted by molar-refractivity contribution is 7.90. The van der Waals surface area contributed by atoms with Crippen molar-refractivity contribution in [3.8, 4) is 17.2 Å². The van der Waals surface area contributed by atoms with Gasteiger partial charge >= 0.3 is 12.1 Å². The molecular weight excluding hydrogens is 498 g/mol. The quantitative estimate of drug-likeness (QED) is 0.431. The largest absolute Gasteiger partial charge is 0.493 e. The number of carboxylic acids is 1. The summed E-state index contributed by atoms with van der Waals surface area (Å²) in [5.74, 6) is -0.0793. The third kappa shape index (κ3) is 5.86. The van der Waals surface area contributed by atoms with Gasteiger partial charge < -0.3 is 19.3 Å². The first-order valence-corrected chi connectivity index (χ1v) is 13.4. The minimum Gasteiger partial charge on any atom is -0.493 e. The third-order valence-corrected chi connectivity index (χ3v) is 7.23. The van der Waals surface area contributed by atoms with E-state index in [0.29, 0.717) is 22.6 Å². The summed E-state index contributed by atoms with van der Waals surface area (Å²) in [5, 5.41) is 9.16. The predicted octanol–water partition coefficient (Wildman–Crippen LogP) is 4.60. The maximum Gasteiger partial charge on any atom is 0.411 e. The maximum absolute atomic E-state index is 12.8. The molecule has 2 unspecified atom stereocenters. The lowest BCUT2D eigenvalue weighted by molar-refractivity contribution is -0.136. The van der Waals surface area contributed by atoms with Crippen molar-refractivity contribution in [3.05, 3.63) is 83.4 Å². The molecule has 2 atom stereocenters. The van der Waals surface area contributed by atoms with Crippen LogP contribution in [0.1, 0.15) is 29.7 Å². The summed E-state index contributed by atoms with van der Waals surface area (Å²) >= 11 is 0. The Labute approximate surface area is 215 Å². The molecule has 1 heterocycles. The second-order valence-electron chi connectivity index (χ2n) is 8.78. The first-order valence-electron chi connectivity index (χ1n) is 11.5. The van der Waals surface area contributed by atoms with Crippen molar-refractivity contribution >= 4 is 21.9 Å². The summed E-state index contributed by atoms with van der Waals surface area (Å²) in [6.45, 7) is 1.89. The normalized spacial score (nSPS) is 17.4. The molecule has 3 aromatic carbocycles. The fraction of sp³-hybridized carbons (Fsp3) is 0.259. The summed E-state index contributed by atoms with van der Waals surface area (Å²) in [4.78, 5) is 25.6. The lowest BCUT2D eigenvalue weighted by Crippen LogP contribution is -2.31. The molecule has 37 heavy (non-hydrogen) atoms. The second kappa shape index (κ2) is 10.5. The molecule has 1 saturated heterocycles. The number of rotatable bonds is 9. The molecule has 3 aromatic rings. The number of amides is 1. The summed E-state index contributed by atoms with van der Waals surface area (Å²) < 4.78 is 41.7. The number of aliphatic carboxylic acids is 1. The van der Waals surface area contributed by atoms with E-state index >= 15 is 0 Å². The molecule has 0 aliphatic carbocycles. The van der Waals surface area contributed by atoms with E-state index < -0.39 is 28.0 Å². The Morgan fingerprint density at radius 3 is 2.38 bits per heavy atom. The Hall–Kier alpha value is -4.05. The highest BCUT2D eigenvalue weighted by Crippen LogP contribution is 2.38. The monoisotopic (exact) mass is 525 g/mol. The smallest absolute Gasteiger partial charge is 0.411 e. The molecule has 0 radical (unpaired) electrons. The van der Waals surface area contributed by atoms with Crippen LogP contribution in [0.3, 0.4) is 0 Å². The van der Waals surface area contributed by atoms with Gasteiger partial charge in [0.25, 0.3) is 0 Å². The minimum absolute atomic E-state index is 0.0269. The Kier molecular flexibility index (Phi) is 7.40. The molecule has 1 amide bonds. The van der Waals surface area contributed by atoms with Gasteiger partial charge in [-0.25, -0.2) is 13.2 Å². The van der Waals surface area contributed by atoms with Crippen LogP contribution in [-0.2, 0) is 32.3 Å². The number of nitrogens with zero attached hydrogens (tertiary/aromatic N) is 1. The van der Waals surface area contributed by atoms with Crippen LogP contribution in [0.25, 0.3) is 0 Å². The van der Waals surface area contributed by atoms with Gasteiger partial charge in [-0.2, -0.15) is 0 Å². The SMILES string of the molecule is COc1ccc(CC(=O)O)cc1Oc1ccc(S(C)(=O)=O)cc1CN1C(=O)OC(c2ccccc2)C1C. The number of benzene rings is 3. The standard InChI is InChI=1S/C27H27NO8S/c1-17-26(19-7-5-4-6-8-19)36-27(31)28(17)16-20-15-21(37(3,32)33)10-12-22(20)35-24-13-18(14-25(29)30)9-11-23(24)34-2/h4-13,15,17,26H,14,16H2,1-3H3,(H,29,30). The van der Waals surface area contributed by atoms with Crippen molar-refractivity contribution < 1.29 is 37.3 Å². The molecule has 1 aliphatic heterocycles. The number of ether oxygens (including phenoxy) is 3. The van der Waals surface area contributed by atoms with Crippen LogP contribution in [0.2, 0.25) is 0 Å². The first kappa shape index (κ1) is 26.0. The molecule has 194 valence electrons. The summed E-state index contributed by atoms with van der Waals surface area (Å²) in [6, 6.07) is 18.2. The zero-order valence-corrected chi connectivity index (χ0v) is 21.4. The Morgan fingerprint density at radius 1 is 1.03 bits per heavy atom. The van der Waals surface area contributed by atoms with E-state index in [9.17, 15) is 18.0 Å². The van der Waals surface area contributed by atoms with E-state index in [2.05, 4.69) is 0 Å². The zero-order chi connectivity index (χ0) is 26.7. The maximum atomic E-state index is 12.8. The lowest BCUT2D eigenvalue weighted by atomic mass is 10.0. The number of cyclic esters (lactones) is 1. The molecule has 1 N–H and O–H groups in total. The van der Waals surface area contributed by atoms with Crippen LogP contribution < -0.4 is 9.47 Å². The molecule has 9 nitrogen and oxygen atoms in total. The van der Waals surface area contributed by atoms with Crippen LogP contribution >= 0.6 is 0 Å². The van der Waals surface area contributed by atoms with E-state index in [1.807, 2.05) is 37.3 Å². The van der Waals surface area contributed by atoms with Crippen molar-refractivity contribution in [2.24, 2.45) is 0 Å². The van der Waals surface area contributed by atoms with Crippen LogP contribution in [0.15, 0.2) is 71.6 Å². The third-order valence-electron chi connectivity index (χ3n) is 6.12. The van der Waals surface area contributed by atoms with Gasteiger partial charge in [0, 0.05) is 11.8 Å². The molecular formula is C27H27NO8S. The molecule has 0 bridgehead atoms. The fourth-order valence-corrected chi connectivity index (χ4v) is 4.87. The zero-order valence-electron chi connectivity index (χ0n) is 20.6. The van der Waals surface area contributed by atoms with Crippen LogP contribution in [-0.4, -0.2) is 49.9 Å². The number of methoxy groups -OCH3 is 1. The number of sulfone groups is 1. The average molecular weight is 526 g/mol. The number of hydrogen-bond acceptors (Lipinski definition) is 7. The second-order valence-corrected chi connectivity index (χ2v) is 10.8. The molecule has 0 aromatic heterocycles. The topological polar surface area (TPSA) is 119 Å². The molecule has 1 aliphatic rings. The predicted molar refractivity (Wildman–Crippen MR) is 135 cm³/mol. The fourth-order valence-electron chi connectivity index (χ4n) is 4.20. The van der Waals surface area contributed by atoms with Gasteiger partial charge in [-0.1, -0.05) is 36.4 Å². The van der Waals surface area contributed by atoms with Gasteiger partial charge in [0.15, 0.2) is 21.3 Å². The molecule has 4 rings (SSSR count). The van der Waals surface area contributed by atoms with E-state index in [0.717, 1.165) is 11.8 Å². The summed E-state index contributed by atoms with van der Waals surface area (Å²) in [7, 11) is -2.09. The van der Waals surface area contributed by atoms with Gasteiger partial charge in [0.2, 0.25) is 0 Å². The van der Waals surface area contributed by atoms with Crippen molar-refractivity contribution in [1.29, 1.82) is 0 Å². The number of hydrogen-bond donors (Lipinski definition) is 1. The van der Waals surface area contributed by atoms with Gasteiger partial charge in [-0.3, -0.25) is 9.69 Å². The van der Waals surface area contributed by atoms with Gasteiger partial charge in [-0.05, 0) is 48.4 Å². The Balaban J connectivity index is 1.70. The minimum atomic E-state index is -3.54. The highest BCUT2D eigenvalue weighted by atomic mass is 32.2. The van der Waals surface area contributed by atoms with E-state index in [1.54, 1.807) is 18.2 Å². The van der Waals surface area contributed by atoms with Crippen LogP contribution in [0.4, 0.5) is 4.79 Å². The Morgan fingerprint density at radius 2 is 1.73 bits per heavy atom. The molecule has 0 saturated carbocycles. The Bertz CT molecular complexity index is 1420. The number of carboxylic acid groups (broad SMARTS) is 1. The summed E-state index contributed by atoms with van der Waals surface area (Å²) in [5.41, 5.74) is 1.79. The van der Waals surface area contributed by atoms with Crippen molar-refractivity contribution in [2.75, 3.05) is 13.4 Å². The van der Waals surface area contributed by atoms with E-state index in [1.165, 1.54) is 30.2 Å². The lowest BCUT2D eigenvalue weighted by Gasteiger charge is -2.23.